The first-order valence-corrected chi connectivity index (χ1v) is 6.14. The van der Waals surface area contributed by atoms with Crippen LogP contribution in [0.1, 0.15) is 32.6 Å². The summed E-state index contributed by atoms with van der Waals surface area (Å²) in [6.45, 7) is 6.17. The molecule has 0 aromatic carbocycles. The summed E-state index contributed by atoms with van der Waals surface area (Å²) < 4.78 is 5.22. The van der Waals surface area contributed by atoms with E-state index in [1.165, 1.54) is 12.8 Å². The Kier molecular flexibility index (Phi) is 3.65. The largest absolute Gasteiger partial charge is 0.393 e. The van der Waals surface area contributed by atoms with Gasteiger partial charge in [-0.2, -0.15) is 0 Å². The van der Waals surface area contributed by atoms with E-state index in [1.54, 1.807) is 0 Å². The highest BCUT2D eigenvalue weighted by Gasteiger charge is 2.33. The van der Waals surface area contributed by atoms with E-state index in [0.29, 0.717) is 11.3 Å². The molecule has 15 heavy (non-hydrogen) atoms. The Morgan fingerprint density at radius 2 is 2.20 bits per heavy atom. The minimum absolute atomic E-state index is 0.0480. The summed E-state index contributed by atoms with van der Waals surface area (Å²) in [5.74, 6) is 0.679. The maximum absolute atomic E-state index is 9.55. The van der Waals surface area contributed by atoms with Crippen LogP contribution in [0.2, 0.25) is 0 Å². The Morgan fingerprint density at radius 3 is 2.80 bits per heavy atom. The average Bonchev–Trinajstić information content (AvgIpc) is 2.15. The quantitative estimate of drug-likeness (QED) is 0.736. The Morgan fingerprint density at radius 1 is 1.40 bits per heavy atom. The van der Waals surface area contributed by atoms with E-state index >= 15 is 0 Å². The summed E-state index contributed by atoms with van der Waals surface area (Å²) in [4.78, 5) is 0. The van der Waals surface area contributed by atoms with Crippen LogP contribution in [0.3, 0.4) is 0 Å². The summed E-state index contributed by atoms with van der Waals surface area (Å²) in [5.41, 5.74) is 0.368. The van der Waals surface area contributed by atoms with Gasteiger partial charge < -0.3 is 15.2 Å². The van der Waals surface area contributed by atoms with Gasteiger partial charge in [0.15, 0.2) is 0 Å². The standard InChI is InChI=1S/C12H23NO2/c1-12(8-15-9-12)7-13-6-10-3-2-4-11(14)5-10/h10-11,13-14H,2-9H2,1H3. The van der Waals surface area contributed by atoms with Crippen molar-refractivity contribution in [1.82, 2.24) is 5.32 Å². The molecule has 2 unspecified atom stereocenters. The fourth-order valence-corrected chi connectivity index (χ4v) is 2.58. The van der Waals surface area contributed by atoms with Crippen LogP contribution in [0.4, 0.5) is 0 Å². The summed E-state index contributed by atoms with van der Waals surface area (Å²) >= 11 is 0. The zero-order chi connectivity index (χ0) is 10.7. The smallest absolute Gasteiger partial charge is 0.0554 e. The third-order valence-electron chi connectivity index (χ3n) is 3.64. The van der Waals surface area contributed by atoms with Gasteiger partial charge in [-0.3, -0.25) is 0 Å². The maximum Gasteiger partial charge on any atom is 0.0554 e. The van der Waals surface area contributed by atoms with E-state index in [2.05, 4.69) is 12.2 Å². The lowest BCUT2D eigenvalue weighted by Crippen LogP contribution is -2.48. The lowest BCUT2D eigenvalue weighted by Gasteiger charge is -2.38. The molecule has 0 spiro atoms. The van der Waals surface area contributed by atoms with E-state index < -0.39 is 0 Å². The molecule has 3 nitrogen and oxygen atoms in total. The molecule has 0 aromatic heterocycles. The third-order valence-corrected chi connectivity index (χ3v) is 3.64. The van der Waals surface area contributed by atoms with Gasteiger partial charge in [0.25, 0.3) is 0 Å². The van der Waals surface area contributed by atoms with Crippen molar-refractivity contribution in [3.05, 3.63) is 0 Å². The van der Waals surface area contributed by atoms with Gasteiger partial charge in [0.1, 0.15) is 0 Å². The topological polar surface area (TPSA) is 41.5 Å². The molecule has 88 valence electrons. The first-order valence-electron chi connectivity index (χ1n) is 6.14. The summed E-state index contributed by atoms with van der Waals surface area (Å²) in [5, 5.41) is 13.1. The Balaban J connectivity index is 1.60. The molecule has 2 aliphatic rings. The monoisotopic (exact) mass is 213 g/mol. The molecule has 1 aliphatic carbocycles. The summed E-state index contributed by atoms with van der Waals surface area (Å²) in [6, 6.07) is 0. The van der Waals surface area contributed by atoms with E-state index in [0.717, 1.165) is 39.1 Å². The number of hydrogen-bond donors (Lipinski definition) is 2. The van der Waals surface area contributed by atoms with Crippen LogP contribution in [-0.4, -0.2) is 37.5 Å². The number of nitrogens with one attached hydrogen (secondary N) is 1. The van der Waals surface area contributed by atoms with Gasteiger partial charge in [0.05, 0.1) is 19.3 Å². The van der Waals surface area contributed by atoms with E-state index in [1.807, 2.05) is 0 Å². The summed E-state index contributed by atoms with van der Waals surface area (Å²) in [6.07, 6.45) is 4.40. The molecule has 1 saturated carbocycles. The van der Waals surface area contributed by atoms with Crippen LogP contribution >= 0.6 is 0 Å². The second-order valence-corrected chi connectivity index (χ2v) is 5.62. The van der Waals surface area contributed by atoms with Crippen molar-refractivity contribution in [3.63, 3.8) is 0 Å². The van der Waals surface area contributed by atoms with Crippen LogP contribution in [0.15, 0.2) is 0 Å². The van der Waals surface area contributed by atoms with Crippen LogP contribution in [0, 0.1) is 11.3 Å². The highest BCUT2D eigenvalue weighted by molar-refractivity contribution is 4.83. The first kappa shape index (κ1) is 11.4. The predicted octanol–water partition coefficient (Wildman–Crippen LogP) is 1.16. The first-order chi connectivity index (χ1) is 7.18. The maximum atomic E-state index is 9.55. The van der Waals surface area contributed by atoms with Crippen LogP contribution in [-0.2, 0) is 4.74 Å². The Bertz CT molecular complexity index is 204. The molecule has 0 bridgehead atoms. The number of aliphatic hydroxyl groups excluding tert-OH is 1. The molecule has 1 aliphatic heterocycles. The number of ether oxygens (including phenoxy) is 1. The van der Waals surface area contributed by atoms with Crippen LogP contribution in [0.25, 0.3) is 0 Å². The molecule has 0 aromatic rings. The van der Waals surface area contributed by atoms with Gasteiger partial charge in [-0.05, 0) is 31.7 Å². The molecule has 2 N–H and O–H groups in total. The van der Waals surface area contributed by atoms with Gasteiger partial charge in [0.2, 0.25) is 0 Å². The lowest BCUT2D eigenvalue weighted by atomic mass is 9.86. The van der Waals surface area contributed by atoms with Gasteiger partial charge in [-0.1, -0.05) is 13.3 Å². The Hall–Kier alpha value is -0.120. The van der Waals surface area contributed by atoms with Crippen molar-refractivity contribution in [2.45, 2.75) is 38.7 Å². The van der Waals surface area contributed by atoms with E-state index in [-0.39, 0.29) is 6.10 Å². The average molecular weight is 213 g/mol. The van der Waals surface area contributed by atoms with Crippen LogP contribution in [0.5, 0.6) is 0 Å². The number of hydrogen-bond acceptors (Lipinski definition) is 3. The van der Waals surface area contributed by atoms with Gasteiger partial charge in [-0.25, -0.2) is 0 Å². The van der Waals surface area contributed by atoms with Gasteiger partial charge in [-0.15, -0.1) is 0 Å². The zero-order valence-electron chi connectivity index (χ0n) is 9.67. The molecule has 2 rings (SSSR count). The number of rotatable bonds is 4. The predicted molar refractivity (Wildman–Crippen MR) is 59.8 cm³/mol. The van der Waals surface area contributed by atoms with Crippen molar-refractivity contribution in [2.24, 2.45) is 11.3 Å². The highest BCUT2D eigenvalue weighted by Crippen LogP contribution is 2.26. The minimum atomic E-state index is -0.0480. The van der Waals surface area contributed by atoms with Crippen molar-refractivity contribution in [2.75, 3.05) is 26.3 Å². The molecule has 1 saturated heterocycles. The third kappa shape index (κ3) is 3.16. The molecular weight excluding hydrogens is 190 g/mol. The second-order valence-electron chi connectivity index (χ2n) is 5.62. The molecule has 0 amide bonds. The van der Waals surface area contributed by atoms with Crippen molar-refractivity contribution < 1.29 is 9.84 Å². The molecule has 1 heterocycles. The van der Waals surface area contributed by atoms with E-state index in [9.17, 15) is 5.11 Å². The molecular formula is C12H23NO2. The molecule has 3 heteroatoms. The molecule has 0 radical (unpaired) electrons. The van der Waals surface area contributed by atoms with Crippen molar-refractivity contribution in [1.29, 1.82) is 0 Å². The van der Waals surface area contributed by atoms with Gasteiger partial charge >= 0.3 is 0 Å². The van der Waals surface area contributed by atoms with Crippen LogP contribution < -0.4 is 5.32 Å². The fourth-order valence-electron chi connectivity index (χ4n) is 2.58. The summed E-state index contributed by atoms with van der Waals surface area (Å²) in [7, 11) is 0. The number of aliphatic hydroxyl groups is 1. The normalized spacial score (nSPS) is 34.8. The SMILES string of the molecule is CC1(CNCC2CCCC(O)C2)COC1. The lowest BCUT2D eigenvalue weighted by molar-refractivity contribution is -0.0994. The minimum Gasteiger partial charge on any atom is -0.393 e. The van der Waals surface area contributed by atoms with E-state index in [4.69, 9.17) is 4.74 Å². The molecule has 2 fully saturated rings. The second kappa shape index (κ2) is 4.81. The Labute approximate surface area is 92.2 Å². The molecule has 2 atom stereocenters. The zero-order valence-corrected chi connectivity index (χ0v) is 9.67. The van der Waals surface area contributed by atoms with Gasteiger partial charge in [0, 0.05) is 12.0 Å². The van der Waals surface area contributed by atoms with Crippen molar-refractivity contribution in [3.8, 4) is 0 Å². The fraction of sp³-hybridized carbons (Fsp3) is 1.00. The highest BCUT2D eigenvalue weighted by atomic mass is 16.5. The van der Waals surface area contributed by atoms with Crippen molar-refractivity contribution >= 4 is 0 Å².